The fourth-order valence-electron chi connectivity index (χ4n) is 3.63. The van der Waals surface area contributed by atoms with Crippen LogP contribution in [0.15, 0.2) is 71.9 Å². The van der Waals surface area contributed by atoms with Gasteiger partial charge in [-0.05, 0) is 51.1 Å². The second kappa shape index (κ2) is 16.4. The van der Waals surface area contributed by atoms with Crippen LogP contribution in [0.1, 0.15) is 70.0 Å². The molecule has 0 saturated carbocycles. The van der Waals surface area contributed by atoms with Crippen LogP contribution in [0.2, 0.25) is 0 Å². The van der Waals surface area contributed by atoms with Gasteiger partial charge in [0.25, 0.3) is 11.5 Å². The van der Waals surface area contributed by atoms with Crippen molar-refractivity contribution in [3.05, 3.63) is 94.2 Å². The van der Waals surface area contributed by atoms with Crippen LogP contribution in [0.25, 0.3) is 22.2 Å². The van der Waals surface area contributed by atoms with Gasteiger partial charge in [0, 0.05) is 53.3 Å². The van der Waals surface area contributed by atoms with Crippen molar-refractivity contribution in [1.82, 2.24) is 25.4 Å². The zero-order chi connectivity index (χ0) is 32.0. The number of carbonyl (C=O) groups is 2. The number of hydrogen-bond acceptors (Lipinski definition) is 7. The lowest BCUT2D eigenvalue weighted by molar-refractivity contribution is 0.0483. The van der Waals surface area contributed by atoms with Gasteiger partial charge in [0.05, 0.1) is 23.4 Å². The number of nitrogens with zero attached hydrogens (tertiary/aromatic N) is 3. The molecule has 3 aromatic heterocycles. The first-order valence-corrected chi connectivity index (χ1v) is 14.1. The maximum absolute atomic E-state index is 13.0. The molecule has 0 aliphatic carbocycles. The van der Waals surface area contributed by atoms with E-state index in [9.17, 15) is 14.4 Å². The summed E-state index contributed by atoms with van der Waals surface area (Å²) in [5.41, 5.74) is 7.11. The number of hydrazine groups is 1. The molecule has 3 heterocycles. The van der Waals surface area contributed by atoms with Crippen LogP contribution in [0, 0.1) is 11.8 Å². The average Bonchev–Trinajstić information content (AvgIpc) is 3.01. The minimum atomic E-state index is -0.782. The largest absolute Gasteiger partial charge is 0.443 e. The Kier molecular flexibility index (Phi) is 13.1. The third-order valence-electron chi connectivity index (χ3n) is 5.40. The molecular formula is C33H39N5O5. The van der Waals surface area contributed by atoms with E-state index in [-0.39, 0.29) is 24.3 Å². The smallest absolute Gasteiger partial charge is 0.426 e. The summed E-state index contributed by atoms with van der Waals surface area (Å²) in [6.45, 7) is 13.3. The van der Waals surface area contributed by atoms with Gasteiger partial charge in [-0.1, -0.05) is 51.7 Å². The van der Waals surface area contributed by atoms with Gasteiger partial charge < -0.3 is 14.4 Å². The van der Waals surface area contributed by atoms with E-state index in [0.29, 0.717) is 22.2 Å². The minimum Gasteiger partial charge on any atom is -0.443 e. The first kappa shape index (κ1) is 34.2. The molecule has 0 atom stereocenters. The number of amides is 2. The summed E-state index contributed by atoms with van der Waals surface area (Å²) < 4.78 is 6.57. The number of pyridine rings is 3. The Morgan fingerprint density at radius 2 is 1.63 bits per heavy atom. The van der Waals surface area contributed by atoms with E-state index in [1.807, 2.05) is 52.0 Å². The Morgan fingerprint density at radius 3 is 2.26 bits per heavy atom. The number of aliphatic hydroxyl groups excluding tert-OH is 1. The van der Waals surface area contributed by atoms with Gasteiger partial charge in [-0.3, -0.25) is 20.0 Å². The fraction of sp³-hybridized carbons (Fsp3) is 0.303. The number of aromatic nitrogens is 3. The van der Waals surface area contributed by atoms with Crippen molar-refractivity contribution in [1.29, 1.82) is 0 Å². The van der Waals surface area contributed by atoms with Gasteiger partial charge in [-0.25, -0.2) is 15.2 Å². The van der Waals surface area contributed by atoms with E-state index < -0.39 is 17.6 Å². The monoisotopic (exact) mass is 585 g/mol. The molecule has 0 aliphatic heterocycles. The molecule has 0 fully saturated rings. The molecule has 43 heavy (non-hydrogen) atoms. The lowest BCUT2D eigenvalue weighted by Gasteiger charge is -2.19. The Bertz CT molecular complexity index is 1650. The topological polar surface area (TPSA) is 135 Å². The summed E-state index contributed by atoms with van der Waals surface area (Å²) in [4.78, 5) is 45.8. The number of benzene rings is 1. The summed E-state index contributed by atoms with van der Waals surface area (Å²) >= 11 is 0. The number of rotatable bonds is 4. The highest BCUT2D eigenvalue weighted by Crippen LogP contribution is 2.24. The van der Waals surface area contributed by atoms with Crippen molar-refractivity contribution in [3.63, 3.8) is 0 Å². The third kappa shape index (κ3) is 10.1. The van der Waals surface area contributed by atoms with Crippen LogP contribution in [0.5, 0.6) is 0 Å². The minimum absolute atomic E-state index is 0.116. The highest BCUT2D eigenvalue weighted by molar-refractivity contribution is 6.07. The summed E-state index contributed by atoms with van der Waals surface area (Å²) in [7, 11) is 0. The molecule has 10 heteroatoms. The molecule has 0 spiro atoms. The molecule has 0 bridgehead atoms. The van der Waals surface area contributed by atoms with Crippen LogP contribution < -0.4 is 16.4 Å². The molecule has 0 unspecified atom stereocenters. The SMILES string of the molecule is CC.CC.CC(C)(C)OC(=O)NNC(=O)c1cc(-c2ccc(C#Cc3ccn(CCO)c(=O)c3)cc2)nc2ccncc12. The summed E-state index contributed by atoms with van der Waals surface area (Å²) in [6, 6.07) is 13.8. The molecule has 226 valence electrons. The van der Waals surface area contributed by atoms with Gasteiger partial charge in [-0.2, -0.15) is 0 Å². The standard InChI is InChI=1S/C29H27N5O5.2C2H6/c1-29(2,3)39-28(38)33-32-27(37)22-17-25(31-24-10-12-30-18-23(22)24)21-8-6-19(7-9-21)4-5-20-11-13-34(14-15-35)26(36)16-20;2*1-2/h6-13,16-18,35H,14-15H2,1-3H3,(H,32,37)(H,33,38);2*1-2H3. The Labute approximate surface area is 252 Å². The number of fused-ring (bicyclic) bond motifs is 1. The maximum Gasteiger partial charge on any atom is 0.426 e. The normalized spacial score (nSPS) is 10.1. The van der Waals surface area contributed by atoms with Crippen molar-refractivity contribution < 1.29 is 19.4 Å². The van der Waals surface area contributed by atoms with E-state index >= 15 is 0 Å². The summed E-state index contributed by atoms with van der Waals surface area (Å²) in [6.07, 6.45) is 3.94. The van der Waals surface area contributed by atoms with Crippen LogP contribution in [0.4, 0.5) is 4.79 Å². The predicted molar refractivity (Wildman–Crippen MR) is 168 cm³/mol. The molecule has 0 saturated heterocycles. The van der Waals surface area contributed by atoms with Crippen molar-refractivity contribution in [2.75, 3.05) is 6.61 Å². The van der Waals surface area contributed by atoms with E-state index in [1.165, 1.54) is 16.8 Å². The average molecular weight is 586 g/mol. The third-order valence-corrected chi connectivity index (χ3v) is 5.40. The quantitative estimate of drug-likeness (QED) is 0.225. The Morgan fingerprint density at radius 1 is 0.953 bits per heavy atom. The lowest BCUT2D eigenvalue weighted by Crippen LogP contribution is -2.44. The second-order valence-electron chi connectivity index (χ2n) is 9.53. The van der Waals surface area contributed by atoms with Gasteiger partial charge in [0.15, 0.2) is 0 Å². The van der Waals surface area contributed by atoms with Crippen LogP contribution >= 0.6 is 0 Å². The fourth-order valence-corrected chi connectivity index (χ4v) is 3.63. The number of carbonyl (C=O) groups excluding carboxylic acids is 2. The molecule has 1 aromatic carbocycles. The summed E-state index contributed by atoms with van der Waals surface area (Å²) in [5.74, 6) is 5.45. The first-order chi connectivity index (χ1) is 20.6. The Balaban J connectivity index is 0.00000155. The number of ether oxygens (including phenoxy) is 1. The molecule has 4 aromatic rings. The molecule has 10 nitrogen and oxygen atoms in total. The zero-order valence-electron chi connectivity index (χ0n) is 25.7. The lowest BCUT2D eigenvalue weighted by atomic mass is 10.0. The number of aliphatic hydroxyl groups is 1. The highest BCUT2D eigenvalue weighted by atomic mass is 16.6. The van der Waals surface area contributed by atoms with Crippen molar-refractivity contribution in [2.24, 2.45) is 0 Å². The molecule has 0 radical (unpaired) electrons. The van der Waals surface area contributed by atoms with E-state index in [2.05, 4.69) is 32.7 Å². The van der Waals surface area contributed by atoms with E-state index in [0.717, 1.165) is 11.1 Å². The molecule has 0 aliphatic rings. The van der Waals surface area contributed by atoms with Crippen molar-refractivity contribution in [2.45, 2.75) is 60.6 Å². The van der Waals surface area contributed by atoms with Crippen LogP contribution in [-0.2, 0) is 11.3 Å². The maximum atomic E-state index is 13.0. The summed E-state index contributed by atoms with van der Waals surface area (Å²) in [5, 5.41) is 9.53. The van der Waals surface area contributed by atoms with Gasteiger partial charge >= 0.3 is 6.09 Å². The van der Waals surface area contributed by atoms with E-state index in [1.54, 1.807) is 51.4 Å². The van der Waals surface area contributed by atoms with Gasteiger partial charge in [0.1, 0.15) is 5.60 Å². The molecule has 3 N–H and O–H groups in total. The number of hydrogen-bond donors (Lipinski definition) is 3. The molecule has 4 rings (SSSR count). The molecule has 2 amide bonds. The zero-order valence-corrected chi connectivity index (χ0v) is 25.7. The predicted octanol–water partition coefficient (Wildman–Crippen LogP) is 5.07. The van der Waals surface area contributed by atoms with Crippen LogP contribution in [-0.4, -0.2) is 43.8 Å². The van der Waals surface area contributed by atoms with Crippen LogP contribution in [0.3, 0.4) is 0 Å². The van der Waals surface area contributed by atoms with Gasteiger partial charge in [0.2, 0.25) is 0 Å². The highest BCUT2D eigenvalue weighted by Gasteiger charge is 2.18. The van der Waals surface area contributed by atoms with E-state index in [4.69, 9.17) is 9.84 Å². The second-order valence-corrected chi connectivity index (χ2v) is 9.53. The first-order valence-electron chi connectivity index (χ1n) is 14.1. The molecular weight excluding hydrogens is 546 g/mol. The Hall–Kier alpha value is -5.01. The van der Waals surface area contributed by atoms with Crippen molar-refractivity contribution in [3.8, 4) is 23.1 Å². The van der Waals surface area contributed by atoms with Gasteiger partial charge in [-0.15, -0.1) is 0 Å². The van der Waals surface area contributed by atoms with Crippen molar-refractivity contribution >= 4 is 22.9 Å². The number of nitrogens with one attached hydrogen (secondary N) is 2.